The summed E-state index contributed by atoms with van der Waals surface area (Å²) in [6.45, 7) is 0. The smallest absolute Gasteiger partial charge is 0.480 e. The van der Waals surface area contributed by atoms with Gasteiger partial charge in [0.15, 0.2) is 0 Å². The number of nitrogens with one attached hydrogen (secondary N) is 2. The highest BCUT2D eigenvalue weighted by Crippen LogP contribution is 2.32. The van der Waals surface area contributed by atoms with Gasteiger partial charge in [0.25, 0.3) is 0 Å². The van der Waals surface area contributed by atoms with E-state index in [1.807, 2.05) is 66.7 Å². The van der Waals surface area contributed by atoms with Crippen LogP contribution in [0.25, 0.3) is 84.4 Å². The number of hydrogen-bond acceptors (Lipinski definition) is 6. The average molecular weight is 841 g/mol. The molecule has 0 aliphatic heterocycles. The van der Waals surface area contributed by atoms with Gasteiger partial charge in [-0.25, -0.2) is 18.7 Å². The maximum Gasteiger partial charge on any atom is 0.480 e. The summed E-state index contributed by atoms with van der Waals surface area (Å²) in [7, 11) is -1.49. The van der Waals surface area contributed by atoms with Gasteiger partial charge in [0, 0.05) is 45.0 Å². The van der Waals surface area contributed by atoms with Crippen LogP contribution in [0, 0.1) is 11.6 Å². The molecule has 0 saturated carbocycles. The van der Waals surface area contributed by atoms with Crippen molar-refractivity contribution in [3.05, 3.63) is 197 Å². The molecule has 0 bridgehead atoms. The molecule has 0 radical (unpaired) electrons. The van der Waals surface area contributed by atoms with Crippen molar-refractivity contribution in [1.29, 1.82) is 0 Å². The first-order valence-corrected chi connectivity index (χ1v) is 19.7. The second-order valence-electron chi connectivity index (χ2n) is 14.3. The molecule has 10 aromatic rings. The lowest BCUT2D eigenvalue weighted by Crippen LogP contribution is -2.05. The highest BCUT2D eigenvalue weighted by molar-refractivity contribution is 6.48. The molecule has 0 unspecified atom stereocenters. The van der Waals surface area contributed by atoms with Gasteiger partial charge < -0.3 is 30.2 Å². The molecule has 6 N–H and O–H groups in total. The van der Waals surface area contributed by atoms with Gasteiger partial charge in [-0.05, 0) is 124 Å². The molecule has 12 heteroatoms. The molecular weight excluding hydrogens is 805 g/mol. The van der Waals surface area contributed by atoms with Gasteiger partial charge in [0.05, 0.1) is 5.02 Å². The maximum absolute atomic E-state index is 13.4. The molecule has 10 rings (SSSR count). The monoisotopic (exact) mass is 840 g/mol. The fraction of sp³-hybridized carbons (Fsp3) is 0. The van der Waals surface area contributed by atoms with Crippen LogP contribution in [-0.2, 0) is 0 Å². The zero-order valence-corrected chi connectivity index (χ0v) is 33.5. The lowest BCUT2D eigenvalue weighted by molar-refractivity contribution is 0.424. The van der Waals surface area contributed by atoms with E-state index in [0.29, 0.717) is 10.6 Å². The first-order valence-electron chi connectivity index (χ1n) is 19.4. The Morgan fingerprint density at radius 1 is 0.484 bits per heavy atom. The van der Waals surface area contributed by atoms with Crippen molar-refractivity contribution in [2.75, 3.05) is 0 Å². The molecule has 0 aliphatic carbocycles. The predicted octanol–water partition coefficient (Wildman–Crippen LogP) is 12.0. The average Bonchev–Trinajstić information content (AvgIpc) is 3.83. The number of rotatable bonds is 6. The summed E-state index contributed by atoms with van der Waals surface area (Å²) in [5.74, 6) is 1.09. The number of aromatic nitrogens is 4. The van der Waals surface area contributed by atoms with Crippen LogP contribution in [0.15, 0.2) is 164 Å². The van der Waals surface area contributed by atoms with Crippen LogP contribution in [0.1, 0.15) is 16.7 Å². The van der Waals surface area contributed by atoms with Gasteiger partial charge in [0.2, 0.25) is 0 Å². The third kappa shape index (κ3) is 9.89. The zero-order chi connectivity index (χ0) is 43.2. The summed E-state index contributed by atoms with van der Waals surface area (Å²) in [4.78, 5) is 15.5. The van der Waals surface area contributed by atoms with Gasteiger partial charge in [-0.1, -0.05) is 96.5 Å². The van der Waals surface area contributed by atoms with Crippen molar-refractivity contribution in [1.82, 2.24) is 19.9 Å². The molecule has 4 heterocycles. The molecule has 4 aromatic heterocycles. The molecule has 6 aromatic carbocycles. The number of phenolic OH excluding ortho intramolecular Hbond substituents is 2. The number of phenols is 2. The van der Waals surface area contributed by atoms with Crippen LogP contribution in [0.3, 0.4) is 0 Å². The predicted molar refractivity (Wildman–Crippen MR) is 247 cm³/mol. The van der Waals surface area contributed by atoms with E-state index in [1.54, 1.807) is 54.9 Å². The molecule has 62 heavy (non-hydrogen) atoms. The summed E-state index contributed by atoms with van der Waals surface area (Å²) in [6.07, 6.45) is 8.69. The second-order valence-corrected chi connectivity index (χ2v) is 14.7. The fourth-order valence-corrected chi connectivity index (χ4v) is 7.06. The van der Waals surface area contributed by atoms with Crippen LogP contribution in [0.2, 0.25) is 5.02 Å². The summed E-state index contributed by atoms with van der Waals surface area (Å²) in [5.41, 5.74) is 10.3. The van der Waals surface area contributed by atoms with Gasteiger partial charge in [-0.3, -0.25) is 0 Å². The third-order valence-electron chi connectivity index (χ3n) is 9.92. The molecule has 0 aliphatic rings. The number of benzene rings is 6. The highest BCUT2D eigenvalue weighted by atomic mass is 35.5. The van der Waals surface area contributed by atoms with Gasteiger partial charge in [-0.15, -0.1) is 0 Å². The van der Waals surface area contributed by atoms with Gasteiger partial charge in [-0.2, -0.15) is 0 Å². The molecule has 0 atom stereocenters. The third-order valence-corrected chi connectivity index (χ3v) is 10.1. The van der Waals surface area contributed by atoms with Gasteiger partial charge in [0.1, 0.15) is 34.4 Å². The summed E-state index contributed by atoms with van der Waals surface area (Å²) < 4.78 is 25.9. The molecule has 0 spiro atoms. The minimum Gasteiger partial charge on any atom is -0.508 e. The number of halogens is 3. The van der Waals surface area contributed by atoms with E-state index in [-0.39, 0.29) is 23.1 Å². The summed E-state index contributed by atoms with van der Waals surface area (Å²) in [6, 6.07) is 43.1. The minimum atomic E-state index is -1.49. The van der Waals surface area contributed by atoms with E-state index in [9.17, 15) is 19.0 Å². The standard InChI is InChI=1S/C25H17FN2O.C17H11ClN2O.C8H8BFO2/c26-20-3-1-2-16(12-20)4-5-17-13-23-22-14-19(18-6-9-21(29)10-7-18)8-11-24(22)28-25(23)27-15-17;18-12-8-15-14-7-11(10-1-4-13(21)5-2-10)3-6-16(14)20-17(15)19-9-12;10-8-3-1-2-7(6-8)4-5-9(11)12/h1-15,29H,(H,27,28);1-9,21H,(H,19,20);1-6,11-12H/b5-4+;;5-4+. The molecule has 304 valence electrons. The van der Waals surface area contributed by atoms with Crippen molar-refractivity contribution in [3.63, 3.8) is 0 Å². The fourth-order valence-electron chi connectivity index (χ4n) is 6.91. The lowest BCUT2D eigenvalue weighted by Gasteiger charge is -2.02. The van der Waals surface area contributed by atoms with Crippen LogP contribution in [-0.4, -0.2) is 47.3 Å². The van der Waals surface area contributed by atoms with Crippen molar-refractivity contribution < 1.29 is 29.0 Å². The summed E-state index contributed by atoms with van der Waals surface area (Å²) in [5, 5.41) is 40.7. The zero-order valence-electron chi connectivity index (χ0n) is 32.7. The summed E-state index contributed by atoms with van der Waals surface area (Å²) >= 11 is 6.05. The Balaban J connectivity index is 0.000000140. The lowest BCUT2D eigenvalue weighted by atomic mass is 9.91. The van der Waals surface area contributed by atoms with Crippen molar-refractivity contribution in [2.45, 2.75) is 0 Å². The van der Waals surface area contributed by atoms with Crippen molar-refractivity contribution in [2.24, 2.45) is 0 Å². The van der Waals surface area contributed by atoms with Gasteiger partial charge >= 0.3 is 7.12 Å². The van der Waals surface area contributed by atoms with Crippen molar-refractivity contribution in [3.8, 4) is 33.8 Å². The number of aromatic hydroxyl groups is 2. The SMILES string of the molecule is OB(O)/C=C/c1cccc(F)c1.Oc1ccc(-c2ccc3[nH]c4ncc(/C=C/c5cccc(F)c5)cc4c3c2)cc1.Oc1ccc(-c2ccc3[nH]c4ncc(Cl)cc4c3c2)cc1. The Morgan fingerprint density at radius 2 is 0.952 bits per heavy atom. The molecular formula is C50H36BClF2N4O4. The molecule has 8 nitrogen and oxygen atoms in total. The molecule has 0 fully saturated rings. The van der Waals surface area contributed by atoms with Crippen LogP contribution in [0.4, 0.5) is 8.78 Å². The number of hydrogen-bond donors (Lipinski definition) is 6. The largest absolute Gasteiger partial charge is 0.508 e. The minimum absolute atomic E-state index is 0.251. The maximum atomic E-state index is 13.4. The first kappa shape index (κ1) is 41.2. The van der Waals surface area contributed by atoms with Crippen molar-refractivity contribution >= 4 is 80.8 Å². The number of fused-ring (bicyclic) bond motifs is 6. The van der Waals surface area contributed by atoms with E-state index in [4.69, 9.17) is 21.6 Å². The topological polar surface area (TPSA) is 138 Å². The molecule has 0 amide bonds. The number of pyridine rings is 2. The Morgan fingerprint density at radius 3 is 1.47 bits per heavy atom. The molecule has 0 saturated heterocycles. The first-order chi connectivity index (χ1) is 30.0. The second kappa shape index (κ2) is 18.4. The van der Waals surface area contributed by atoms with E-state index in [0.717, 1.165) is 83.2 Å². The number of nitrogens with zero attached hydrogens (tertiary/aromatic N) is 2. The van der Waals surface area contributed by atoms with E-state index in [2.05, 4.69) is 44.2 Å². The Hall–Kier alpha value is -7.57. The normalized spacial score (nSPS) is 11.3. The van der Waals surface area contributed by atoms with Crippen LogP contribution >= 0.6 is 11.6 Å². The van der Waals surface area contributed by atoms with Crippen LogP contribution in [0.5, 0.6) is 11.5 Å². The Kier molecular flexibility index (Phi) is 12.2. The van der Waals surface area contributed by atoms with E-state index >= 15 is 0 Å². The highest BCUT2D eigenvalue weighted by Gasteiger charge is 2.10. The Bertz CT molecular complexity index is 3240. The number of aromatic amines is 2. The Labute approximate surface area is 359 Å². The van der Waals surface area contributed by atoms with Crippen LogP contribution < -0.4 is 0 Å². The van der Waals surface area contributed by atoms with E-state index < -0.39 is 7.12 Å². The van der Waals surface area contributed by atoms with E-state index in [1.165, 1.54) is 30.3 Å². The quantitative estimate of drug-likeness (QED) is 0.0922. The number of H-pyrrole nitrogens is 2.